The van der Waals surface area contributed by atoms with Crippen LogP contribution < -0.4 is 4.74 Å². The molecular weight excluding hydrogens is 323 g/mol. The monoisotopic (exact) mass is 338 g/mol. The molecular formula is C16H16BrFO2. The third kappa shape index (κ3) is 3.58. The molecule has 0 radical (unpaired) electrons. The van der Waals surface area contributed by atoms with Gasteiger partial charge in [0.05, 0.1) is 10.1 Å². The summed E-state index contributed by atoms with van der Waals surface area (Å²) < 4.78 is 20.1. The fourth-order valence-electron chi connectivity index (χ4n) is 1.78. The molecule has 0 aliphatic carbocycles. The van der Waals surface area contributed by atoms with Crippen molar-refractivity contribution in [2.75, 3.05) is 0 Å². The topological polar surface area (TPSA) is 29.5 Å². The molecule has 106 valence electrons. The van der Waals surface area contributed by atoms with Gasteiger partial charge in [0.2, 0.25) is 0 Å². The third-order valence-electron chi connectivity index (χ3n) is 2.93. The van der Waals surface area contributed by atoms with Crippen molar-refractivity contribution in [2.45, 2.75) is 26.1 Å². The Bertz CT molecular complexity index is 568. The van der Waals surface area contributed by atoms with Crippen LogP contribution in [0.25, 0.3) is 0 Å². The second-order valence-corrected chi connectivity index (χ2v) is 5.96. The minimum atomic E-state index is -1.10. The maximum absolute atomic E-state index is 14.1. The molecule has 20 heavy (non-hydrogen) atoms. The van der Waals surface area contributed by atoms with E-state index in [2.05, 4.69) is 15.9 Å². The zero-order chi connectivity index (χ0) is 14.8. The van der Waals surface area contributed by atoms with Gasteiger partial charge in [0, 0.05) is 0 Å². The first-order chi connectivity index (χ1) is 9.38. The van der Waals surface area contributed by atoms with Gasteiger partial charge in [-0.25, -0.2) is 4.39 Å². The molecule has 2 nitrogen and oxygen atoms in total. The van der Waals surface area contributed by atoms with Gasteiger partial charge in [-0.05, 0) is 53.0 Å². The first kappa shape index (κ1) is 15.0. The molecule has 0 aromatic heterocycles. The maximum atomic E-state index is 14.1. The summed E-state index contributed by atoms with van der Waals surface area (Å²) in [4.78, 5) is 0. The van der Waals surface area contributed by atoms with Crippen molar-refractivity contribution in [1.82, 2.24) is 0 Å². The number of aliphatic hydroxyl groups is 1. The Labute approximate surface area is 126 Å². The van der Waals surface area contributed by atoms with E-state index in [1.165, 1.54) is 6.07 Å². The third-order valence-corrected chi connectivity index (χ3v) is 3.52. The molecule has 2 rings (SSSR count). The lowest BCUT2D eigenvalue weighted by atomic mass is 9.98. The lowest BCUT2D eigenvalue weighted by Gasteiger charge is -2.19. The Balaban J connectivity index is 2.21. The van der Waals surface area contributed by atoms with Crippen LogP contribution >= 0.6 is 15.9 Å². The van der Waals surface area contributed by atoms with E-state index in [1.54, 1.807) is 19.9 Å². The fraction of sp³-hybridized carbons (Fsp3) is 0.250. The molecule has 4 heteroatoms. The Hall–Kier alpha value is -1.39. The molecule has 0 aliphatic rings. The normalized spacial score (nSPS) is 11.4. The SMILES string of the molecule is CC(C)(O)c1cc(F)c(OCc2ccccc2)c(Br)c1. The van der Waals surface area contributed by atoms with Gasteiger partial charge >= 0.3 is 0 Å². The summed E-state index contributed by atoms with van der Waals surface area (Å²) in [7, 11) is 0. The van der Waals surface area contributed by atoms with Crippen LogP contribution in [0.1, 0.15) is 25.0 Å². The molecule has 0 heterocycles. The molecule has 1 N–H and O–H groups in total. The van der Waals surface area contributed by atoms with E-state index in [4.69, 9.17) is 4.74 Å². The highest BCUT2D eigenvalue weighted by atomic mass is 79.9. The highest BCUT2D eigenvalue weighted by Crippen LogP contribution is 2.33. The molecule has 2 aromatic rings. The van der Waals surface area contributed by atoms with Gasteiger partial charge in [0.25, 0.3) is 0 Å². The van der Waals surface area contributed by atoms with E-state index in [9.17, 15) is 9.50 Å². The van der Waals surface area contributed by atoms with Crippen molar-refractivity contribution in [1.29, 1.82) is 0 Å². The second-order valence-electron chi connectivity index (χ2n) is 5.10. The Kier molecular flexibility index (Phi) is 4.45. The molecule has 0 saturated heterocycles. The summed E-state index contributed by atoms with van der Waals surface area (Å²) in [6.45, 7) is 3.51. The van der Waals surface area contributed by atoms with Crippen LogP contribution in [0.3, 0.4) is 0 Å². The molecule has 0 aliphatic heterocycles. The number of ether oxygens (including phenoxy) is 1. The van der Waals surface area contributed by atoms with Crippen LogP contribution in [0.5, 0.6) is 5.75 Å². The average Bonchev–Trinajstić information content (AvgIpc) is 2.37. The summed E-state index contributed by atoms with van der Waals surface area (Å²) in [6, 6.07) is 12.5. The van der Waals surface area contributed by atoms with E-state index in [-0.39, 0.29) is 12.4 Å². The number of rotatable bonds is 4. The van der Waals surface area contributed by atoms with Crippen LogP contribution in [0.4, 0.5) is 4.39 Å². The van der Waals surface area contributed by atoms with Crippen LogP contribution in [-0.2, 0) is 12.2 Å². The molecule has 0 atom stereocenters. The summed E-state index contributed by atoms with van der Waals surface area (Å²) in [5.41, 5.74) is 0.362. The van der Waals surface area contributed by atoms with E-state index < -0.39 is 11.4 Å². The Morgan fingerprint density at radius 2 is 1.85 bits per heavy atom. The summed E-state index contributed by atoms with van der Waals surface area (Å²) in [5, 5.41) is 9.91. The van der Waals surface area contributed by atoms with Crippen molar-refractivity contribution in [3.05, 3.63) is 63.9 Å². The van der Waals surface area contributed by atoms with Gasteiger partial charge in [-0.3, -0.25) is 0 Å². The van der Waals surface area contributed by atoms with Gasteiger partial charge in [0.15, 0.2) is 11.6 Å². The van der Waals surface area contributed by atoms with Crippen molar-refractivity contribution in [2.24, 2.45) is 0 Å². The zero-order valence-corrected chi connectivity index (χ0v) is 12.9. The van der Waals surface area contributed by atoms with Crippen molar-refractivity contribution in [3.8, 4) is 5.75 Å². The predicted octanol–water partition coefficient (Wildman–Crippen LogP) is 4.39. The van der Waals surface area contributed by atoms with E-state index in [0.29, 0.717) is 10.0 Å². The number of hydrogen-bond acceptors (Lipinski definition) is 2. The first-order valence-corrected chi connectivity index (χ1v) is 7.06. The van der Waals surface area contributed by atoms with E-state index in [1.807, 2.05) is 30.3 Å². The van der Waals surface area contributed by atoms with Gasteiger partial charge in [-0.15, -0.1) is 0 Å². The van der Waals surface area contributed by atoms with Crippen molar-refractivity contribution >= 4 is 15.9 Å². The highest BCUT2D eigenvalue weighted by molar-refractivity contribution is 9.10. The van der Waals surface area contributed by atoms with Crippen molar-refractivity contribution in [3.63, 3.8) is 0 Å². The van der Waals surface area contributed by atoms with Crippen LogP contribution in [0.2, 0.25) is 0 Å². The second kappa shape index (κ2) is 5.94. The first-order valence-electron chi connectivity index (χ1n) is 6.26. The number of benzene rings is 2. The molecule has 2 aromatic carbocycles. The van der Waals surface area contributed by atoms with Gasteiger partial charge < -0.3 is 9.84 Å². The lowest BCUT2D eigenvalue weighted by molar-refractivity contribution is 0.0780. The lowest BCUT2D eigenvalue weighted by Crippen LogP contribution is -2.16. The smallest absolute Gasteiger partial charge is 0.169 e. The molecule has 0 saturated carbocycles. The fourth-order valence-corrected chi connectivity index (χ4v) is 2.33. The number of hydrogen-bond donors (Lipinski definition) is 1. The summed E-state index contributed by atoms with van der Waals surface area (Å²) in [5.74, 6) is -0.339. The van der Waals surface area contributed by atoms with Crippen LogP contribution in [0, 0.1) is 5.82 Å². The highest BCUT2D eigenvalue weighted by Gasteiger charge is 2.20. The van der Waals surface area contributed by atoms with Gasteiger partial charge in [-0.2, -0.15) is 0 Å². The quantitative estimate of drug-likeness (QED) is 0.895. The summed E-state index contributed by atoms with van der Waals surface area (Å²) in [6.07, 6.45) is 0. The molecule has 0 amide bonds. The Morgan fingerprint density at radius 1 is 1.20 bits per heavy atom. The zero-order valence-electron chi connectivity index (χ0n) is 11.4. The standard InChI is InChI=1S/C16H16BrFO2/c1-16(2,19)12-8-13(17)15(14(18)9-12)20-10-11-6-4-3-5-7-11/h3-9,19H,10H2,1-2H3. The molecule has 0 unspecified atom stereocenters. The van der Waals surface area contributed by atoms with Crippen LogP contribution in [0.15, 0.2) is 46.9 Å². The van der Waals surface area contributed by atoms with Gasteiger partial charge in [-0.1, -0.05) is 30.3 Å². The van der Waals surface area contributed by atoms with Crippen LogP contribution in [-0.4, -0.2) is 5.11 Å². The van der Waals surface area contributed by atoms with E-state index in [0.717, 1.165) is 5.56 Å². The molecule has 0 spiro atoms. The largest absolute Gasteiger partial charge is 0.485 e. The molecule has 0 fully saturated rings. The Morgan fingerprint density at radius 3 is 2.40 bits per heavy atom. The maximum Gasteiger partial charge on any atom is 0.169 e. The predicted molar refractivity (Wildman–Crippen MR) is 80.1 cm³/mol. The molecule has 0 bridgehead atoms. The van der Waals surface area contributed by atoms with Gasteiger partial charge in [0.1, 0.15) is 6.61 Å². The van der Waals surface area contributed by atoms with Crippen molar-refractivity contribution < 1.29 is 14.2 Å². The average molecular weight is 339 g/mol. The number of halogens is 2. The van der Waals surface area contributed by atoms with E-state index >= 15 is 0 Å². The minimum Gasteiger partial charge on any atom is -0.485 e. The summed E-state index contributed by atoms with van der Waals surface area (Å²) >= 11 is 3.29. The minimum absolute atomic E-state index is 0.154.